The molecule has 1 fully saturated rings. The third-order valence-electron chi connectivity index (χ3n) is 3.01. The molecule has 4 heteroatoms. The summed E-state index contributed by atoms with van der Waals surface area (Å²) in [6.45, 7) is 2.22. The monoisotopic (exact) mass is 211 g/mol. The van der Waals surface area contributed by atoms with E-state index in [1.165, 1.54) is 0 Å². The maximum absolute atomic E-state index is 11.4. The van der Waals surface area contributed by atoms with Crippen LogP contribution in [0.1, 0.15) is 32.6 Å². The Labute approximate surface area is 90.2 Å². The van der Waals surface area contributed by atoms with Crippen LogP contribution in [-0.4, -0.2) is 25.3 Å². The number of nitrogens with zero attached hydrogens (tertiary/aromatic N) is 1. The quantitative estimate of drug-likeness (QED) is 0.666. The summed E-state index contributed by atoms with van der Waals surface area (Å²) in [5, 5.41) is 8.98. The molecule has 0 heterocycles. The highest BCUT2D eigenvalue weighted by atomic mass is 16.5. The van der Waals surface area contributed by atoms with Gasteiger partial charge in [0.2, 0.25) is 0 Å². The first-order valence-electron chi connectivity index (χ1n) is 5.30. The first kappa shape index (κ1) is 12.0. The number of nitriles is 1. The van der Waals surface area contributed by atoms with Crippen LogP contribution in [0.3, 0.4) is 0 Å². The lowest BCUT2D eigenvalue weighted by atomic mass is 9.79. The number of rotatable bonds is 3. The number of carbonyl (C=O) groups is 1. The Kier molecular flexibility index (Phi) is 4.10. The standard InChI is InChI=1S/C11H17NO3/c1-3-15-10(13)9-4-6-11(8-12,14-2)7-5-9/h9H,3-7H2,1-2H3. The van der Waals surface area contributed by atoms with Crippen LogP contribution < -0.4 is 0 Å². The second kappa shape index (κ2) is 5.13. The third-order valence-corrected chi connectivity index (χ3v) is 3.01. The van der Waals surface area contributed by atoms with Crippen molar-refractivity contribution in [3.05, 3.63) is 0 Å². The van der Waals surface area contributed by atoms with Crippen LogP contribution in [-0.2, 0) is 14.3 Å². The summed E-state index contributed by atoms with van der Waals surface area (Å²) in [5.41, 5.74) is -0.678. The molecule has 0 aromatic carbocycles. The minimum absolute atomic E-state index is 0.0541. The topological polar surface area (TPSA) is 59.3 Å². The molecule has 1 rings (SSSR count). The van der Waals surface area contributed by atoms with Gasteiger partial charge in [0.1, 0.15) is 0 Å². The van der Waals surface area contributed by atoms with Gasteiger partial charge in [0.25, 0.3) is 0 Å². The largest absolute Gasteiger partial charge is 0.466 e. The molecular formula is C11H17NO3. The van der Waals surface area contributed by atoms with E-state index in [1.807, 2.05) is 0 Å². The smallest absolute Gasteiger partial charge is 0.308 e. The molecule has 1 aliphatic carbocycles. The van der Waals surface area contributed by atoms with Gasteiger partial charge in [-0.3, -0.25) is 4.79 Å². The Morgan fingerprint density at radius 2 is 2.13 bits per heavy atom. The lowest BCUT2D eigenvalue weighted by Crippen LogP contribution is -2.37. The fraction of sp³-hybridized carbons (Fsp3) is 0.818. The van der Waals surface area contributed by atoms with Crippen LogP contribution in [0.15, 0.2) is 0 Å². The van der Waals surface area contributed by atoms with Gasteiger partial charge in [0.15, 0.2) is 5.60 Å². The highest BCUT2D eigenvalue weighted by Gasteiger charge is 2.38. The molecule has 15 heavy (non-hydrogen) atoms. The lowest BCUT2D eigenvalue weighted by Gasteiger charge is -2.32. The molecule has 1 aliphatic rings. The fourth-order valence-corrected chi connectivity index (χ4v) is 1.94. The maximum Gasteiger partial charge on any atom is 0.308 e. The maximum atomic E-state index is 11.4. The Morgan fingerprint density at radius 1 is 1.53 bits per heavy atom. The zero-order valence-electron chi connectivity index (χ0n) is 9.28. The number of hydrogen-bond donors (Lipinski definition) is 0. The first-order chi connectivity index (χ1) is 7.17. The molecule has 0 aliphatic heterocycles. The molecule has 0 unspecified atom stereocenters. The van der Waals surface area contributed by atoms with Crippen molar-refractivity contribution >= 4 is 5.97 Å². The van der Waals surface area contributed by atoms with Gasteiger partial charge in [-0.05, 0) is 32.6 Å². The van der Waals surface area contributed by atoms with Gasteiger partial charge in [-0.25, -0.2) is 0 Å². The number of carbonyl (C=O) groups excluding carboxylic acids is 1. The number of esters is 1. The predicted molar refractivity (Wildman–Crippen MR) is 53.9 cm³/mol. The van der Waals surface area contributed by atoms with Crippen LogP contribution in [0.2, 0.25) is 0 Å². The van der Waals surface area contributed by atoms with Crippen LogP contribution in [0.5, 0.6) is 0 Å². The minimum Gasteiger partial charge on any atom is -0.466 e. The number of methoxy groups -OCH3 is 1. The summed E-state index contributed by atoms with van der Waals surface area (Å²) >= 11 is 0. The van der Waals surface area contributed by atoms with Gasteiger partial charge in [-0.15, -0.1) is 0 Å². The zero-order valence-corrected chi connectivity index (χ0v) is 9.28. The lowest BCUT2D eigenvalue weighted by molar-refractivity contribution is -0.150. The van der Waals surface area contributed by atoms with Gasteiger partial charge in [0, 0.05) is 7.11 Å². The predicted octanol–water partition coefficient (Wildman–Crippen LogP) is 1.65. The van der Waals surface area contributed by atoms with Gasteiger partial charge in [-0.1, -0.05) is 0 Å². The first-order valence-corrected chi connectivity index (χ1v) is 5.30. The molecule has 0 aromatic heterocycles. The Balaban J connectivity index is 2.49. The van der Waals surface area contributed by atoms with Crippen LogP contribution in [0.4, 0.5) is 0 Å². The summed E-state index contributed by atoms with van der Waals surface area (Å²) in [6.07, 6.45) is 2.59. The van der Waals surface area contributed by atoms with Crippen molar-refractivity contribution in [1.29, 1.82) is 5.26 Å². The van der Waals surface area contributed by atoms with Crippen molar-refractivity contribution in [2.75, 3.05) is 13.7 Å². The molecule has 0 amide bonds. The van der Waals surface area contributed by atoms with Gasteiger partial charge >= 0.3 is 5.97 Å². The molecule has 0 atom stereocenters. The summed E-state index contributed by atoms with van der Waals surface area (Å²) in [6, 6.07) is 2.18. The molecule has 0 spiro atoms. The normalized spacial score (nSPS) is 30.6. The summed E-state index contributed by atoms with van der Waals surface area (Å²) in [5.74, 6) is -0.193. The molecule has 1 saturated carbocycles. The fourth-order valence-electron chi connectivity index (χ4n) is 1.94. The molecule has 0 saturated heterocycles. The van der Waals surface area contributed by atoms with Gasteiger partial charge < -0.3 is 9.47 Å². The van der Waals surface area contributed by atoms with Crippen molar-refractivity contribution in [3.63, 3.8) is 0 Å². The molecule has 0 N–H and O–H groups in total. The van der Waals surface area contributed by atoms with Gasteiger partial charge in [-0.2, -0.15) is 5.26 Å². The zero-order chi connectivity index (χ0) is 11.3. The number of hydrogen-bond acceptors (Lipinski definition) is 4. The van der Waals surface area contributed by atoms with Gasteiger partial charge in [0.05, 0.1) is 18.6 Å². The van der Waals surface area contributed by atoms with E-state index in [2.05, 4.69) is 6.07 Å². The molecule has 4 nitrogen and oxygen atoms in total. The van der Waals surface area contributed by atoms with Crippen molar-refractivity contribution in [1.82, 2.24) is 0 Å². The second-order valence-electron chi connectivity index (χ2n) is 3.84. The SMILES string of the molecule is CCOC(=O)C1CCC(C#N)(OC)CC1. The summed E-state index contributed by atoms with van der Waals surface area (Å²) in [7, 11) is 1.55. The van der Waals surface area contributed by atoms with Crippen molar-refractivity contribution in [3.8, 4) is 6.07 Å². The van der Waals surface area contributed by atoms with Crippen LogP contribution >= 0.6 is 0 Å². The molecule has 84 valence electrons. The second-order valence-corrected chi connectivity index (χ2v) is 3.84. The number of ether oxygens (including phenoxy) is 2. The van der Waals surface area contributed by atoms with Crippen molar-refractivity contribution in [2.24, 2.45) is 5.92 Å². The van der Waals surface area contributed by atoms with E-state index in [0.717, 1.165) is 0 Å². The average Bonchev–Trinajstić information content (AvgIpc) is 2.29. The van der Waals surface area contributed by atoms with E-state index in [-0.39, 0.29) is 11.9 Å². The van der Waals surface area contributed by atoms with E-state index in [1.54, 1.807) is 14.0 Å². The molecule has 0 aromatic rings. The highest BCUT2D eigenvalue weighted by Crippen LogP contribution is 2.34. The van der Waals surface area contributed by atoms with Crippen LogP contribution in [0, 0.1) is 17.2 Å². The third kappa shape index (κ3) is 2.69. The van der Waals surface area contributed by atoms with Crippen LogP contribution in [0.25, 0.3) is 0 Å². The Bertz CT molecular complexity index is 261. The minimum atomic E-state index is -0.678. The van der Waals surface area contributed by atoms with Crippen molar-refractivity contribution < 1.29 is 14.3 Å². The van der Waals surface area contributed by atoms with Crippen molar-refractivity contribution in [2.45, 2.75) is 38.2 Å². The van der Waals surface area contributed by atoms with E-state index in [4.69, 9.17) is 14.7 Å². The molecular weight excluding hydrogens is 194 g/mol. The molecule has 0 bridgehead atoms. The summed E-state index contributed by atoms with van der Waals surface area (Å²) in [4.78, 5) is 11.4. The average molecular weight is 211 g/mol. The van der Waals surface area contributed by atoms with E-state index < -0.39 is 5.60 Å². The molecule has 0 radical (unpaired) electrons. The van der Waals surface area contributed by atoms with E-state index in [0.29, 0.717) is 32.3 Å². The van der Waals surface area contributed by atoms with E-state index in [9.17, 15) is 4.79 Å². The highest BCUT2D eigenvalue weighted by molar-refractivity contribution is 5.72. The van der Waals surface area contributed by atoms with E-state index >= 15 is 0 Å². The Hall–Kier alpha value is -1.08. The Morgan fingerprint density at radius 3 is 2.53 bits per heavy atom. The summed E-state index contributed by atoms with van der Waals surface area (Å²) < 4.78 is 10.2.